The van der Waals surface area contributed by atoms with E-state index >= 15 is 0 Å². The topological polar surface area (TPSA) is 49.4 Å². The van der Waals surface area contributed by atoms with Gasteiger partial charge in [0.05, 0.1) is 6.04 Å². The second kappa shape index (κ2) is 9.45. The SMILES string of the molecule is CC(=O)N(CCC(=O)NC1CCCCCC1)C(C)c1ccccc1. The number of rotatable bonds is 6. The zero-order valence-corrected chi connectivity index (χ0v) is 15.0. The molecule has 0 saturated heterocycles. The fraction of sp³-hybridized carbons (Fsp3) is 0.600. The predicted molar refractivity (Wildman–Crippen MR) is 96.5 cm³/mol. The van der Waals surface area contributed by atoms with Gasteiger partial charge in [-0.2, -0.15) is 0 Å². The predicted octanol–water partition coefficient (Wildman–Crippen LogP) is 3.83. The fourth-order valence-electron chi connectivity index (χ4n) is 3.48. The van der Waals surface area contributed by atoms with Gasteiger partial charge in [0.25, 0.3) is 0 Å². The molecule has 1 unspecified atom stereocenters. The lowest BCUT2D eigenvalue weighted by Gasteiger charge is -2.28. The van der Waals surface area contributed by atoms with Crippen LogP contribution in [-0.4, -0.2) is 29.3 Å². The first-order chi connectivity index (χ1) is 11.6. The number of nitrogens with one attached hydrogen (secondary N) is 1. The van der Waals surface area contributed by atoms with Crippen molar-refractivity contribution < 1.29 is 9.59 Å². The second-order valence-corrected chi connectivity index (χ2v) is 6.81. The molecule has 2 rings (SSSR count). The molecule has 0 heterocycles. The Bertz CT molecular complexity index is 522. The minimum Gasteiger partial charge on any atom is -0.353 e. The standard InChI is InChI=1S/C20H30N2O2/c1-16(18-10-6-5-7-11-18)22(17(2)23)15-14-20(24)21-19-12-8-3-4-9-13-19/h5-7,10-11,16,19H,3-4,8-9,12-15H2,1-2H3,(H,21,24). The van der Waals surface area contributed by atoms with Gasteiger partial charge < -0.3 is 10.2 Å². The Morgan fingerprint density at radius 1 is 1.12 bits per heavy atom. The molecule has 1 fully saturated rings. The summed E-state index contributed by atoms with van der Waals surface area (Å²) in [5, 5.41) is 3.15. The van der Waals surface area contributed by atoms with Crippen molar-refractivity contribution in [3.63, 3.8) is 0 Å². The highest BCUT2D eigenvalue weighted by Crippen LogP contribution is 2.21. The first-order valence-electron chi connectivity index (χ1n) is 9.19. The van der Waals surface area contributed by atoms with Crippen molar-refractivity contribution in [2.45, 2.75) is 70.9 Å². The van der Waals surface area contributed by atoms with Gasteiger partial charge in [-0.15, -0.1) is 0 Å². The Balaban J connectivity index is 1.86. The Morgan fingerprint density at radius 3 is 2.33 bits per heavy atom. The van der Waals surface area contributed by atoms with Gasteiger partial charge in [-0.3, -0.25) is 9.59 Å². The molecule has 1 saturated carbocycles. The Labute approximate surface area is 145 Å². The minimum atomic E-state index is -0.0191. The maximum Gasteiger partial charge on any atom is 0.221 e. The highest BCUT2D eigenvalue weighted by Gasteiger charge is 2.20. The lowest BCUT2D eigenvalue weighted by atomic mass is 10.1. The molecular weight excluding hydrogens is 300 g/mol. The number of hydrogen-bond acceptors (Lipinski definition) is 2. The average molecular weight is 330 g/mol. The molecular formula is C20H30N2O2. The van der Waals surface area contributed by atoms with Crippen molar-refractivity contribution >= 4 is 11.8 Å². The highest BCUT2D eigenvalue weighted by molar-refractivity contribution is 5.78. The quantitative estimate of drug-likeness (QED) is 0.806. The van der Waals surface area contributed by atoms with Crippen LogP contribution >= 0.6 is 0 Å². The van der Waals surface area contributed by atoms with E-state index in [1.807, 2.05) is 37.3 Å². The van der Waals surface area contributed by atoms with E-state index < -0.39 is 0 Å². The molecule has 0 bridgehead atoms. The van der Waals surface area contributed by atoms with E-state index in [-0.39, 0.29) is 17.9 Å². The zero-order valence-electron chi connectivity index (χ0n) is 15.0. The molecule has 0 aliphatic heterocycles. The molecule has 1 N–H and O–H groups in total. The van der Waals surface area contributed by atoms with Crippen LogP contribution in [0.4, 0.5) is 0 Å². The molecule has 4 heteroatoms. The summed E-state index contributed by atoms with van der Waals surface area (Å²) < 4.78 is 0. The van der Waals surface area contributed by atoms with Gasteiger partial charge in [0.2, 0.25) is 11.8 Å². The first-order valence-corrected chi connectivity index (χ1v) is 9.19. The molecule has 4 nitrogen and oxygen atoms in total. The molecule has 132 valence electrons. The molecule has 0 radical (unpaired) electrons. The van der Waals surface area contributed by atoms with Crippen LogP contribution in [0.2, 0.25) is 0 Å². The van der Waals surface area contributed by atoms with Crippen LogP contribution in [0.3, 0.4) is 0 Å². The Kier molecular flexibility index (Phi) is 7.29. The highest BCUT2D eigenvalue weighted by atomic mass is 16.2. The molecule has 1 aromatic rings. The van der Waals surface area contributed by atoms with Crippen LogP contribution in [0.25, 0.3) is 0 Å². The molecule has 24 heavy (non-hydrogen) atoms. The van der Waals surface area contributed by atoms with E-state index in [1.54, 1.807) is 11.8 Å². The van der Waals surface area contributed by atoms with Crippen molar-refractivity contribution in [1.29, 1.82) is 0 Å². The number of hydrogen-bond donors (Lipinski definition) is 1. The van der Waals surface area contributed by atoms with Crippen LogP contribution < -0.4 is 5.32 Å². The summed E-state index contributed by atoms with van der Waals surface area (Å²) >= 11 is 0. The van der Waals surface area contributed by atoms with Crippen molar-refractivity contribution in [1.82, 2.24) is 10.2 Å². The molecule has 1 aliphatic rings. The number of amides is 2. The molecule has 1 aromatic carbocycles. The summed E-state index contributed by atoms with van der Waals surface area (Å²) in [6.45, 7) is 4.05. The van der Waals surface area contributed by atoms with Gasteiger partial charge in [-0.05, 0) is 25.3 Å². The summed E-state index contributed by atoms with van der Waals surface area (Å²) in [5.74, 6) is 0.0713. The maximum absolute atomic E-state index is 12.3. The second-order valence-electron chi connectivity index (χ2n) is 6.81. The smallest absolute Gasteiger partial charge is 0.221 e. The van der Waals surface area contributed by atoms with Gasteiger partial charge in [0, 0.05) is 25.9 Å². The van der Waals surface area contributed by atoms with Crippen molar-refractivity contribution in [2.24, 2.45) is 0 Å². The average Bonchev–Trinajstić information content (AvgIpc) is 2.84. The summed E-state index contributed by atoms with van der Waals surface area (Å²) in [6.07, 6.45) is 7.50. The minimum absolute atomic E-state index is 0.00798. The van der Waals surface area contributed by atoms with E-state index in [2.05, 4.69) is 5.32 Å². The van der Waals surface area contributed by atoms with Gasteiger partial charge in [-0.1, -0.05) is 56.0 Å². The van der Waals surface area contributed by atoms with Crippen LogP contribution in [0.5, 0.6) is 0 Å². The van der Waals surface area contributed by atoms with E-state index in [0.717, 1.165) is 18.4 Å². The van der Waals surface area contributed by atoms with Crippen LogP contribution in [0, 0.1) is 0 Å². The molecule has 0 spiro atoms. The zero-order chi connectivity index (χ0) is 17.4. The third-order valence-electron chi connectivity index (χ3n) is 4.95. The lowest BCUT2D eigenvalue weighted by molar-refractivity contribution is -0.131. The Hall–Kier alpha value is -1.84. The van der Waals surface area contributed by atoms with Crippen LogP contribution in [0.1, 0.15) is 70.4 Å². The van der Waals surface area contributed by atoms with Crippen molar-refractivity contribution in [3.8, 4) is 0 Å². The lowest BCUT2D eigenvalue weighted by Crippen LogP contribution is -2.38. The molecule has 2 amide bonds. The number of nitrogens with zero attached hydrogens (tertiary/aromatic N) is 1. The van der Waals surface area contributed by atoms with Crippen molar-refractivity contribution in [3.05, 3.63) is 35.9 Å². The Morgan fingerprint density at radius 2 is 1.75 bits per heavy atom. The van der Waals surface area contributed by atoms with Gasteiger partial charge in [0.15, 0.2) is 0 Å². The third-order valence-corrected chi connectivity index (χ3v) is 4.95. The van der Waals surface area contributed by atoms with E-state index in [4.69, 9.17) is 0 Å². The van der Waals surface area contributed by atoms with Gasteiger partial charge >= 0.3 is 0 Å². The van der Waals surface area contributed by atoms with E-state index in [1.165, 1.54) is 25.7 Å². The summed E-state index contributed by atoms with van der Waals surface area (Å²) in [6, 6.07) is 10.3. The van der Waals surface area contributed by atoms with Crippen LogP contribution in [0.15, 0.2) is 30.3 Å². The van der Waals surface area contributed by atoms with Crippen LogP contribution in [-0.2, 0) is 9.59 Å². The largest absolute Gasteiger partial charge is 0.353 e. The van der Waals surface area contributed by atoms with E-state index in [9.17, 15) is 9.59 Å². The van der Waals surface area contributed by atoms with Gasteiger partial charge in [-0.25, -0.2) is 0 Å². The number of carbonyl (C=O) groups excluding carboxylic acids is 2. The monoisotopic (exact) mass is 330 g/mol. The molecule has 1 atom stereocenters. The summed E-state index contributed by atoms with van der Waals surface area (Å²) in [7, 11) is 0. The van der Waals surface area contributed by atoms with Gasteiger partial charge in [0.1, 0.15) is 0 Å². The van der Waals surface area contributed by atoms with E-state index in [0.29, 0.717) is 19.0 Å². The molecule has 0 aromatic heterocycles. The molecule has 1 aliphatic carbocycles. The normalized spacial score (nSPS) is 16.9. The summed E-state index contributed by atoms with van der Waals surface area (Å²) in [5.41, 5.74) is 1.09. The number of carbonyl (C=O) groups is 2. The number of benzene rings is 1. The fourth-order valence-corrected chi connectivity index (χ4v) is 3.48. The summed E-state index contributed by atoms with van der Waals surface area (Å²) in [4.78, 5) is 26.0. The third kappa shape index (κ3) is 5.66. The first kappa shape index (κ1) is 18.5. The van der Waals surface area contributed by atoms with Crippen molar-refractivity contribution in [2.75, 3.05) is 6.54 Å². The maximum atomic E-state index is 12.3.